The maximum atomic E-state index is 11.8. The van der Waals surface area contributed by atoms with Crippen LogP contribution in [0, 0.1) is 13.8 Å². The van der Waals surface area contributed by atoms with Crippen molar-refractivity contribution in [3.63, 3.8) is 0 Å². The lowest BCUT2D eigenvalue weighted by Gasteiger charge is -2.09. The molecule has 19 heavy (non-hydrogen) atoms. The summed E-state index contributed by atoms with van der Waals surface area (Å²) in [5, 5.41) is 0. The van der Waals surface area contributed by atoms with E-state index in [0.717, 1.165) is 29.9 Å². The zero-order chi connectivity index (χ0) is 13.8. The van der Waals surface area contributed by atoms with Crippen molar-refractivity contribution in [1.29, 1.82) is 0 Å². The van der Waals surface area contributed by atoms with E-state index in [1.165, 1.54) is 5.56 Å². The molecule has 2 N–H and O–H groups in total. The van der Waals surface area contributed by atoms with Crippen LogP contribution in [0.3, 0.4) is 0 Å². The normalized spacial score (nSPS) is 10.6. The first-order valence-electron chi connectivity index (χ1n) is 6.46. The van der Waals surface area contributed by atoms with Gasteiger partial charge >= 0.3 is 5.69 Å². The van der Waals surface area contributed by atoms with Gasteiger partial charge in [0.1, 0.15) is 0 Å². The first-order valence-corrected chi connectivity index (χ1v) is 6.46. The van der Waals surface area contributed by atoms with Gasteiger partial charge in [0, 0.05) is 23.6 Å². The van der Waals surface area contributed by atoms with Crippen LogP contribution in [0.4, 0.5) is 5.69 Å². The summed E-state index contributed by atoms with van der Waals surface area (Å²) in [6.07, 6.45) is 1.84. The Hall–Kier alpha value is -2.10. The molecule has 100 valence electrons. The average molecular weight is 257 g/mol. The van der Waals surface area contributed by atoms with Crippen molar-refractivity contribution in [2.24, 2.45) is 0 Å². The molecule has 0 radical (unpaired) electrons. The van der Waals surface area contributed by atoms with Crippen LogP contribution >= 0.6 is 0 Å². The second-order valence-electron chi connectivity index (χ2n) is 4.82. The molecule has 0 aliphatic rings. The predicted molar refractivity (Wildman–Crippen MR) is 77.1 cm³/mol. The van der Waals surface area contributed by atoms with Crippen LogP contribution in [0.25, 0.3) is 0 Å². The van der Waals surface area contributed by atoms with Crippen LogP contribution in [0.2, 0.25) is 0 Å². The van der Waals surface area contributed by atoms with Crippen LogP contribution in [-0.4, -0.2) is 9.55 Å². The maximum Gasteiger partial charge on any atom is 0.347 e. The highest BCUT2D eigenvalue weighted by atomic mass is 16.1. The molecule has 4 nitrogen and oxygen atoms in total. The highest BCUT2D eigenvalue weighted by Crippen LogP contribution is 2.08. The number of aryl methyl sites for hydroxylation is 3. The van der Waals surface area contributed by atoms with Gasteiger partial charge in [-0.05, 0) is 50.5 Å². The van der Waals surface area contributed by atoms with E-state index < -0.39 is 0 Å². The Bertz CT molecular complexity index is 614. The van der Waals surface area contributed by atoms with Crippen molar-refractivity contribution in [2.75, 3.05) is 5.73 Å². The lowest BCUT2D eigenvalue weighted by molar-refractivity contribution is 0.589. The van der Waals surface area contributed by atoms with Gasteiger partial charge in [0.25, 0.3) is 0 Å². The van der Waals surface area contributed by atoms with Gasteiger partial charge in [-0.3, -0.25) is 4.57 Å². The fourth-order valence-corrected chi connectivity index (χ4v) is 2.17. The molecule has 0 atom stereocenters. The minimum absolute atomic E-state index is 0.158. The van der Waals surface area contributed by atoms with Crippen molar-refractivity contribution >= 4 is 5.69 Å². The fraction of sp³-hybridized carbons (Fsp3) is 0.333. The Balaban J connectivity index is 2.00. The Labute approximate surface area is 112 Å². The molecular formula is C15H19N3O. The first-order chi connectivity index (χ1) is 9.06. The first kappa shape index (κ1) is 13.3. The van der Waals surface area contributed by atoms with E-state index >= 15 is 0 Å². The SMILES string of the molecule is Cc1cc(C)n(CCCc2ccc(N)cc2)c(=O)n1. The standard InChI is InChI=1S/C15H19N3O/c1-11-10-12(2)18(15(19)17-11)9-3-4-13-5-7-14(16)8-6-13/h5-8,10H,3-4,9,16H2,1-2H3. The number of nitrogens with zero attached hydrogens (tertiary/aromatic N) is 2. The molecule has 0 unspecified atom stereocenters. The van der Waals surface area contributed by atoms with Crippen molar-refractivity contribution in [3.8, 4) is 0 Å². The van der Waals surface area contributed by atoms with Gasteiger partial charge < -0.3 is 5.73 Å². The summed E-state index contributed by atoms with van der Waals surface area (Å²) >= 11 is 0. The molecule has 2 rings (SSSR count). The van der Waals surface area contributed by atoms with E-state index in [1.807, 2.05) is 44.2 Å². The average Bonchev–Trinajstić information content (AvgIpc) is 2.34. The quantitative estimate of drug-likeness (QED) is 0.853. The topological polar surface area (TPSA) is 60.9 Å². The Morgan fingerprint density at radius 3 is 2.53 bits per heavy atom. The molecule has 0 saturated carbocycles. The third kappa shape index (κ3) is 3.44. The molecule has 4 heteroatoms. The minimum atomic E-state index is -0.158. The van der Waals surface area contributed by atoms with Crippen molar-refractivity contribution in [1.82, 2.24) is 9.55 Å². The van der Waals surface area contributed by atoms with Gasteiger partial charge in [-0.2, -0.15) is 4.98 Å². The van der Waals surface area contributed by atoms with Gasteiger partial charge in [-0.25, -0.2) is 4.79 Å². The highest BCUT2D eigenvalue weighted by molar-refractivity contribution is 5.39. The van der Waals surface area contributed by atoms with Crippen LogP contribution in [0.1, 0.15) is 23.4 Å². The molecule has 1 aromatic carbocycles. The summed E-state index contributed by atoms with van der Waals surface area (Å²) in [6, 6.07) is 9.79. The van der Waals surface area contributed by atoms with E-state index in [9.17, 15) is 4.79 Å². The monoisotopic (exact) mass is 257 g/mol. The number of hydrogen-bond acceptors (Lipinski definition) is 3. The molecular weight excluding hydrogens is 238 g/mol. The minimum Gasteiger partial charge on any atom is -0.399 e. The smallest absolute Gasteiger partial charge is 0.347 e. The van der Waals surface area contributed by atoms with Crippen molar-refractivity contribution < 1.29 is 0 Å². The largest absolute Gasteiger partial charge is 0.399 e. The lowest BCUT2D eigenvalue weighted by atomic mass is 10.1. The molecule has 0 amide bonds. The summed E-state index contributed by atoms with van der Waals surface area (Å²) < 4.78 is 1.73. The van der Waals surface area contributed by atoms with E-state index in [2.05, 4.69) is 4.98 Å². The third-order valence-corrected chi connectivity index (χ3v) is 3.17. The van der Waals surface area contributed by atoms with Crippen LogP contribution in [0.5, 0.6) is 0 Å². The molecule has 1 aromatic heterocycles. The number of nitrogen functional groups attached to an aromatic ring is 1. The molecule has 0 spiro atoms. The lowest BCUT2D eigenvalue weighted by Crippen LogP contribution is -2.25. The summed E-state index contributed by atoms with van der Waals surface area (Å²) in [6.45, 7) is 4.48. The van der Waals surface area contributed by atoms with Crippen LogP contribution in [0.15, 0.2) is 35.1 Å². The van der Waals surface area contributed by atoms with E-state index in [1.54, 1.807) is 4.57 Å². The van der Waals surface area contributed by atoms with E-state index in [-0.39, 0.29) is 5.69 Å². The number of rotatable bonds is 4. The summed E-state index contributed by atoms with van der Waals surface area (Å²) in [7, 11) is 0. The second-order valence-corrected chi connectivity index (χ2v) is 4.82. The Kier molecular flexibility index (Phi) is 4.00. The maximum absolute atomic E-state index is 11.8. The summed E-state index contributed by atoms with van der Waals surface area (Å²) in [4.78, 5) is 15.7. The van der Waals surface area contributed by atoms with Crippen molar-refractivity contribution in [2.45, 2.75) is 33.2 Å². The van der Waals surface area contributed by atoms with Gasteiger partial charge in [-0.1, -0.05) is 12.1 Å². The molecule has 0 saturated heterocycles. The van der Waals surface area contributed by atoms with Gasteiger partial charge in [0.05, 0.1) is 0 Å². The molecule has 0 aliphatic carbocycles. The number of nitrogens with two attached hydrogens (primary N) is 1. The van der Waals surface area contributed by atoms with Crippen molar-refractivity contribution in [3.05, 3.63) is 57.8 Å². The number of hydrogen-bond donors (Lipinski definition) is 1. The number of benzene rings is 1. The summed E-state index contributed by atoms with van der Waals surface area (Å²) in [5.41, 5.74) is 9.24. The molecule has 2 aromatic rings. The Morgan fingerprint density at radius 2 is 1.89 bits per heavy atom. The third-order valence-electron chi connectivity index (χ3n) is 3.17. The van der Waals surface area contributed by atoms with Crippen LogP contribution < -0.4 is 11.4 Å². The zero-order valence-corrected chi connectivity index (χ0v) is 11.4. The predicted octanol–water partition coefficient (Wildman–Crippen LogP) is 2.08. The second kappa shape index (κ2) is 5.69. The number of aromatic nitrogens is 2. The molecule has 0 aliphatic heterocycles. The summed E-state index contributed by atoms with van der Waals surface area (Å²) in [5.74, 6) is 0. The zero-order valence-electron chi connectivity index (χ0n) is 11.4. The van der Waals surface area contributed by atoms with Gasteiger partial charge in [-0.15, -0.1) is 0 Å². The molecule has 0 fully saturated rings. The van der Waals surface area contributed by atoms with Gasteiger partial charge in [0.2, 0.25) is 0 Å². The van der Waals surface area contributed by atoms with E-state index in [0.29, 0.717) is 6.54 Å². The van der Waals surface area contributed by atoms with Gasteiger partial charge in [0.15, 0.2) is 0 Å². The molecule has 0 bridgehead atoms. The number of anilines is 1. The Morgan fingerprint density at radius 1 is 1.21 bits per heavy atom. The van der Waals surface area contributed by atoms with Crippen LogP contribution in [-0.2, 0) is 13.0 Å². The highest BCUT2D eigenvalue weighted by Gasteiger charge is 2.02. The fourth-order valence-electron chi connectivity index (χ4n) is 2.17. The molecule has 1 heterocycles. The van der Waals surface area contributed by atoms with E-state index in [4.69, 9.17) is 5.73 Å².